The highest BCUT2D eigenvalue weighted by atomic mass is 19.3. The van der Waals surface area contributed by atoms with Crippen LogP contribution in [-0.2, 0) is 6.42 Å². The first kappa shape index (κ1) is 16.0. The predicted octanol–water partition coefficient (Wildman–Crippen LogP) is 4.51. The Bertz CT molecular complexity index is 806. The molecule has 0 radical (unpaired) electrons. The van der Waals surface area contributed by atoms with Crippen LogP contribution in [0.1, 0.15) is 30.9 Å². The zero-order valence-corrected chi connectivity index (χ0v) is 13.9. The average molecular weight is 348 g/mol. The van der Waals surface area contributed by atoms with Gasteiger partial charge < -0.3 is 18.9 Å². The summed E-state index contributed by atoms with van der Waals surface area (Å²) in [6.07, 6.45) is -2.95. The molecule has 0 aromatic heterocycles. The summed E-state index contributed by atoms with van der Waals surface area (Å²) in [4.78, 5) is 0. The van der Waals surface area contributed by atoms with Gasteiger partial charge in [0.2, 0.25) is 0 Å². The Labute approximate surface area is 144 Å². The van der Waals surface area contributed by atoms with Crippen LogP contribution < -0.4 is 18.9 Å². The number of ether oxygens (including phenoxy) is 4. The zero-order chi connectivity index (χ0) is 17.6. The third-order valence-corrected chi connectivity index (χ3v) is 4.34. The normalized spacial score (nSPS) is 21.0. The first-order valence-corrected chi connectivity index (χ1v) is 8.22. The maximum absolute atomic E-state index is 13.4. The number of rotatable bonds is 3. The molecule has 0 saturated heterocycles. The van der Waals surface area contributed by atoms with Gasteiger partial charge in [0, 0.05) is 5.56 Å². The molecule has 0 amide bonds. The molecule has 25 heavy (non-hydrogen) atoms. The van der Waals surface area contributed by atoms with E-state index in [0.29, 0.717) is 24.3 Å². The second-order valence-electron chi connectivity index (χ2n) is 6.47. The lowest BCUT2D eigenvalue weighted by Gasteiger charge is -2.24. The van der Waals surface area contributed by atoms with E-state index in [1.54, 1.807) is 12.1 Å². The van der Waals surface area contributed by atoms with Crippen LogP contribution in [0.25, 0.3) is 0 Å². The number of hydrogen-bond donors (Lipinski definition) is 0. The molecule has 0 aliphatic carbocycles. The van der Waals surface area contributed by atoms with E-state index in [0.717, 1.165) is 11.3 Å². The highest BCUT2D eigenvalue weighted by Crippen LogP contribution is 2.46. The highest BCUT2D eigenvalue weighted by molar-refractivity contribution is 5.51. The van der Waals surface area contributed by atoms with Gasteiger partial charge >= 0.3 is 6.29 Å². The van der Waals surface area contributed by atoms with E-state index in [1.807, 2.05) is 32.0 Å². The Kier molecular flexibility index (Phi) is 3.71. The minimum atomic E-state index is -3.61. The molecule has 6 heteroatoms. The van der Waals surface area contributed by atoms with Crippen molar-refractivity contribution in [3.8, 4) is 23.0 Å². The van der Waals surface area contributed by atoms with E-state index in [4.69, 9.17) is 9.47 Å². The van der Waals surface area contributed by atoms with Crippen molar-refractivity contribution in [2.75, 3.05) is 6.61 Å². The molecule has 4 rings (SSSR count). The number of benzene rings is 2. The molecule has 0 spiro atoms. The van der Waals surface area contributed by atoms with Crippen LogP contribution in [0.15, 0.2) is 36.4 Å². The number of alkyl halides is 2. The molecule has 2 aliphatic rings. The van der Waals surface area contributed by atoms with E-state index >= 15 is 0 Å². The molecule has 0 N–H and O–H groups in total. The van der Waals surface area contributed by atoms with Gasteiger partial charge in [0.05, 0.1) is 0 Å². The van der Waals surface area contributed by atoms with E-state index in [9.17, 15) is 8.78 Å². The number of hydrogen-bond acceptors (Lipinski definition) is 4. The minimum absolute atomic E-state index is 0.00495. The Morgan fingerprint density at radius 3 is 2.80 bits per heavy atom. The van der Waals surface area contributed by atoms with Crippen molar-refractivity contribution >= 4 is 0 Å². The quantitative estimate of drug-likeness (QED) is 0.818. The Hall–Kier alpha value is -2.50. The maximum Gasteiger partial charge on any atom is 0.586 e. The van der Waals surface area contributed by atoms with Gasteiger partial charge in [-0.2, -0.15) is 0 Å². The molecule has 2 aromatic rings. The monoisotopic (exact) mass is 348 g/mol. The second-order valence-corrected chi connectivity index (χ2v) is 6.47. The Balaban J connectivity index is 1.57. The molecule has 0 saturated carbocycles. The fraction of sp³-hybridized carbons (Fsp3) is 0.368. The van der Waals surface area contributed by atoms with Crippen LogP contribution in [0.4, 0.5) is 8.78 Å². The van der Waals surface area contributed by atoms with Crippen LogP contribution in [-0.4, -0.2) is 19.0 Å². The standard InChI is InChI=1S/C19H18F2O4/c1-11(14-4-3-5-16-18(14)25-19(20,21)24-16)8-13-6-7-15-17(9-13)23-12(2)10-22-15/h3-7,9,11-12H,8,10H2,1-2H3. The summed E-state index contributed by atoms with van der Waals surface area (Å²) in [6.45, 7) is 4.45. The predicted molar refractivity (Wildman–Crippen MR) is 86.8 cm³/mol. The van der Waals surface area contributed by atoms with E-state index in [2.05, 4.69) is 9.47 Å². The molecule has 2 atom stereocenters. The summed E-state index contributed by atoms with van der Waals surface area (Å²) in [7, 11) is 0. The number of para-hydroxylation sites is 1. The Morgan fingerprint density at radius 1 is 1.12 bits per heavy atom. The third-order valence-electron chi connectivity index (χ3n) is 4.34. The summed E-state index contributed by atoms with van der Waals surface area (Å²) >= 11 is 0. The SMILES string of the molecule is CC1COc2ccc(CC(C)c3cccc4c3OC(F)(F)O4)cc2O1. The van der Waals surface area contributed by atoms with E-state index in [1.165, 1.54) is 6.07 Å². The second kappa shape index (κ2) is 5.79. The molecule has 2 unspecified atom stereocenters. The van der Waals surface area contributed by atoms with Gasteiger partial charge in [-0.25, -0.2) is 0 Å². The lowest BCUT2D eigenvalue weighted by atomic mass is 9.92. The van der Waals surface area contributed by atoms with Gasteiger partial charge in [-0.15, -0.1) is 8.78 Å². The largest absolute Gasteiger partial charge is 0.586 e. The fourth-order valence-corrected chi connectivity index (χ4v) is 3.19. The molecule has 2 heterocycles. The van der Waals surface area contributed by atoms with Crippen molar-refractivity contribution in [2.45, 2.75) is 38.6 Å². The van der Waals surface area contributed by atoms with Crippen molar-refractivity contribution in [3.05, 3.63) is 47.5 Å². The zero-order valence-electron chi connectivity index (χ0n) is 13.9. The van der Waals surface area contributed by atoms with Crippen LogP contribution in [0.2, 0.25) is 0 Å². The lowest BCUT2D eigenvalue weighted by Crippen LogP contribution is -2.26. The molecule has 132 valence electrons. The average Bonchev–Trinajstić information content (AvgIpc) is 2.88. The molecule has 0 fully saturated rings. The molecular weight excluding hydrogens is 330 g/mol. The Morgan fingerprint density at radius 2 is 1.96 bits per heavy atom. The minimum Gasteiger partial charge on any atom is -0.486 e. The molecule has 2 aliphatic heterocycles. The van der Waals surface area contributed by atoms with Gasteiger partial charge in [-0.05, 0) is 43.0 Å². The molecule has 2 aromatic carbocycles. The van der Waals surface area contributed by atoms with Gasteiger partial charge in [0.25, 0.3) is 0 Å². The topological polar surface area (TPSA) is 36.9 Å². The van der Waals surface area contributed by atoms with Crippen molar-refractivity contribution < 1.29 is 27.7 Å². The fourth-order valence-electron chi connectivity index (χ4n) is 3.19. The summed E-state index contributed by atoms with van der Waals surface area (Å²) in [5, 5.41) is 0. The van der Waals surface area contributed by atoms with E-state index in [-0.39, 0.29) is 23.5 Å². The van der Waals surface area contributed by atoms with E-state index < -0.39 is 6.29 Å². The lowest BCUT2D eigenvalue weighted by molar-refractivity contribution is -0.287. The molecule has 0 bridgehead atoms. The van der Waals surface area contributed by atoms with Crippen molar-refractivity contribution in [2.24, 2.45) is 0 Å². The maximum atomic E-state index is 13.4. The summed E-state index contributed by atoms with van der Waals surface area (Å²) < 4.78 is 47.3. The van der Waals surface area contributed by atoms with Crippen LogP contribution >= 0.6 is 0 Å². The summed E-state index contributed by atoms with van der Waals surface area (Å²) in [6, 6.07) is 10.8. The van der Waals surface area contributed by atoms with Gasteiger partial charge in [0.15, 0.2) is 23.0 Å². The van der Waals surface area contributed by atoms with Crippen LogP contribution in [0.3, 0.4) is 0 Å². The summed E-state index contributed by atoms with van der Waals surface area (Å²) in [5.41, 5.74) is 1.73. The first-order valence-electron chi connectivity index (χ1n) is 8.22. The first-order chi connectivity index (χ1) is 11.9. The van der Waals surface area contributed by atoms with Gasteiger partial charge in [-0.3, -0.25) is 0 Å². The highest BCUT2D eigenvalue weighted by Gasteiger charge is 2.44. The van der Waals surface area contributed by atoms with Crippen LogP contribution in [0.5, 0.6) is 23.0 Å². The molecular formula is C19H18F2O4. The third kappa shape index (κ3) is 3.08. The van der Waals surface area contributed by atoms with Gasteiger partial charge in [-0.1, -0.05) is 25.1 Å². The van der Waals surface area contributed by atoms with Crippen molar-refractivity contribution in [1.29, 1.82) is 0 Å². The number of halogens is 2. The number of fused-ring (bicyclic) bond motifs is 2. The van der Waals surface area contributed by atoms with Gasteiger partial charge in [0.1, 0.15) is 12.7 Å². The van der Waals surface area contributed by atoms with Crippen molar-refractivity contribution in [3.63, 3.8) is 0 Å². The summed E-state index contributed by atoms with van der Waals surface area (Å²) in [5.74, 6) is 1.60. The molecule has 4 nitrogen and oxygen atoms in total. The smallest absolute Gasteiger partial charge is 0.486 e. The van der Waals surface area contributed by atoms with Crippen molar-refractivity contribution in [1.82, 2.24) is 0 Å². The van der Waals surface area contributed by atoms with Crippen LogP contribution in [0, 0.1) is 0 Å².